The Morgan fingerprint density at radius 2 is 2.10 bits per heavy atom. The van der Waals surface area contributed by atoms with E-state index in [-0.39, 0.29) is 6.10 Å². The van der Waals surface area contributed by atoms with Crippen molar-refractivity contribution in [3.05, 3.63) is 48.6 Å². The zero-order valence-corrected chi connectivity index (χ0v) is 11.8. The minimum atomic E-state index is -0.631. The third-order valence-electron chi connectivity index (χ3n) is 3.67. The normalized spacial score (nSPS) is 36.0. The van der Waals surface area contributed by atoms with E-state index >= 15 is 0 Å². The predicted octanol–water partition coefficient (Wildman–Crippen LogP) is 1.78. The lowest BCUT2D eigenvalue weighted by molar-refractivity contribution is -0.336. The van der Waals surface area contributed by atoms with Crippen LogP contribution in [0.4, 0.5) is 0 Å². The second-order valence-corrected chi connectivity index (χ2v) is 5.21. The summed E-state index contributed by atoms with van der Waals surface area (Å²) in [6, 6.07) is 9.69. The smallest absolute Gasteiger partial charge is 0.184 e. The Kier molecular flexibility index (Phi) is 4.67. The summed E-state index contributed by atoms with van der Waals surface area (Å²) in [6.07, 6.45) is -0.210. The van der Waals surface area contributed by atoms with Crippen LogP contribution in [0.3, 0.4) is 0 Å². The average Bonchev–Trinajstić information content (AvgIpc) is 2.53. The molecule has 114 valence electrons. The predicted molar refractivity (Wildman–Crippen MR) is 75.4 cm³/mol. The van der Waals surface area contributed by atoms with Crippen LogP contribution in [0, 0.1) is 0 Å². The van der Waals surface area contributed by atoms with Crippen molar-refractivity contribution in [2.75, 3.05) is 13.2 Å². The lowest BCUT2D eigenvalue weighted by atomic mass is 10.0. The maximum atomic E-state index is 10.3. The van der Waals surface area contributed by atoms with Gasteiger partial charge in [0.15, 0.2) is 12.6 Å². The first-order chi connectivity index (χ1) is 10.3. The summed E-state index contributed by atoms with van der Waals surface area (Å²) in [7, 11) is 0. The van der Waals surface area contributed by atoms with Gasteiger partial charge in [0.1, 0.15) is 12.2 Å². The SMILES string of the molecule is C=CCO[C@@H]1C[C@H](O)[C@@H]2OC(c3ccccc3)OC[C@H]2O1. The van der Waals surface area contributed by atoms with E-state index in [4.69, 9.17) is 18.9 Å². The zero-order valence-electron chi connectivity index (χ0n) is 11.8. The van der Waals surface area contributed by atoms with Gasteiger partial charge in [0.2, 0.25) is 0 Å². The van der Waals surface area contributed by atoms with E-state index < -0.39 is 24.8 Å². The number of hydrogen-bond acceptors (Lipinski definition) is 5. The Morgan fingerprint density at radius 1 is 1.29 bits per heavy atom. The Bertz CT molecular complexity index is 463. The molecular weight excluding hydrogens is 272 g/mol. The largest absolute Gasteiger partial charge is 0.390 e. The molecule has 0 amide bonds. The molecule has 2 saturated heterocycles. The van der Waals surface area contributed by atoms with Gasteiger partial charge in [-0.1, -0.05) is 36.4 Å². The number of ether oxygens (including phenoxy) is 4. The van der Waals surface area contributed by atoms with Gasteiger partial charge in [-0.15, -0.1) is 6.58 Å². The van der Waals surface area contributed by atoms with Crippen LogP contribution in [-0.4, -0.2) is 42.9 Å². The Morgan fingerprint density at radius 3 is 2.86 bits per heavy atom. The molecule has 0 aliphatic carbocycles. The van der Waals surface area contributed by atoms with E-state index in [0.717, 1.165) is 5.56 Å². The van der Waals surface area contributed by atoms with E-state index in [1.54, 1.807) is 6.08 Å². The van der Waals surface area contributed by atoms with Gasteiger partial charge < -0.3 is 24.1 Å². The number of benzene rings is 1. The van der Waals surface area contributed by atoms with Crippen molar-refractivity contribution in [3.8, 4) is 0 Å². The fourth-order valence-corrected chi connectivity index (χ4v) is 2.65. The molecule has 2 heterocycles. The molecule has 0 spiro atoms. The minimum Gasteiger partial charge on any atom is -0.390 e. The van der Waals surface area contributed by atoms with Crippen LogP contribution in [0.5, 0.6) is 0 Å². The highest BCUT2D eigenvalue weighted by molar-refractivity contribution is 5.16. The molecule has 0 saturated carbocycles. The van der Waals surface area contributed by atoms with Gasteiger partial charge in [-0.2, -0.15) is 0 Å². The first-order valence-corrected chi connectivity index (χ1v) is 7.16. The summed E-state index contributed by atoms with van der Waals surface area (Å²) in [5.74, 6) is 0. The van der Waals surface area contributed by atoms with Crippen LogP contribution in [-0.2, 0) is 18.9 Å². The van der Waals surface area contributed by atoms with E-state index in [1.807, 2.05) is 30.3 Å². The summed E-state index contributed by atoms with van der Waals surface area (Å²) in [5.41, 5.74) is 0.938. The van der Waals surface area contributed by atoms with Crippen molar-refractivity contribution in [1.29, 1.82) is 0 Å². The minimum absolute atomic E-state index is 0.316. The van der Waals surface area contributed by atoms with Crippen molar-refractivity contribution in [3.63, 3.8) is 0 Å². The van der Waals surface area contributed by atoms with Crippen molar-refractivity contribution < 1.29 is 24.1 Å². The molecule has 1 aromatic carbocycles. The first-order valence-electron chi connectivity index (χ1n) is 7.16. The fraction of sp³-hybridized carbons (Fsp3) is 0.500. The Hall–Kier alpha value is -1.24. The Labute approximate surface area is 124 Å². The lowest BCUT2D eigenvalue weighted by Gasteiger charge is -2.44. The van der Waals surface area contributed by atoms with Gasteiger partial charge in [0, 0.05) is 12.0 Å². The maximum Gasteiger partial charge on any atom is 0.184 e. The molecule has 0 radical (unpaired) electrons. The molecular formula is C16H20O5. The van der Waals surface area contributed by atoms with Gasteiger partial charge in [-0.3, -0.25) is 0 Å². The molecule has 1 N–H and O–H groups in total. The molecule has 1 aromatic rings. The molecule has 5 atom stereocenters. The van der Waals surface area contributed by atoms with Gasteiger partial charge in [0.05, 0.1) is 19.3 Å². The highest BCUT2D eigenvalue weighted by Crippen LogP contribution is 2.33. The van der Waals surface area contributed by atoms with Crippen molar-refractivity contribution in [2.24, 2.45) is 0 Å². The number of rotatable bonds is 4. The van der Waals surface area contributed by atoms with Gasteiger partial charge in [0.25, 0.3) is 0 Å². The summed E-state index contributed by atoms with van der Waals surface area (Å²) >= 11 is 0. The number of hydrogen-bond donors (Lipinski definition) is 1. The summed E-state index contributed by atoms with van der Waals surface area (Å²) in [6.45, 7) is 4.36. The molecule has 2 aliphatic heterocycles. The molecule has 5 heteroatoms. The van der Waals surface area contributed by atoms with Crippen LogP contribution in [0.1, 0.15) is 18.3 Å². The summed E-state index contributed by atoms with van der Waals surface area (Å²) in [4.78, 5) is 0. The second kappa shape index (κ2) is 6.68. The van der Waals surface area contributed by atoms with Crippen molar-refractivity contribution in [2.45, 2.75) is 37.3 Å². The van der Waals surface area contributed by atoms with Crippen LogP contribution >= 0.6 is 0 Å². The van der Waals surface area contributed by atoms with Crippen LogP contribution in [0.2, 0.25) is 0 Å². The molecule has 2 fully saturated rings. The topological polar surface area (TPSA) is 57.2 Å². The van der Waals surface area contributed by atoms with E-state index in [0.29, 0.717) is 19.6 Å². The van der Waals surface area contributed by atoms with Crippen LogP contribution in [0.25, 0.3) is 0 Å². The second-order valence-electron chi connectivity index (χ2n) is 5.21. The monoisotopic (exact) mass is 292 g/mol. The molecule has 5 nitrogen and oxygen atoms in total. The van der Waals surface area contributed by atoms with Crippen LogP contribution in [0.15, 0.2) is 43.0 Å². The molecule has 21 heavy (non-hydrogen) atoms. The summed E-state index contributed by atoms with van der Waals surface area (Å²) < 4.78 is 22.8. The molecule has 1 unspecified atom stereocenters. The number of fused-ring (bicyclic) bond motifs is 1. The van der Waals surface area contributed by atoms with E-state index in [9.17, 15) is 5.11 Å². The van der Waals surface area contributed by atoms with Gasteiger partial charge in [-0.05, 0) is 0 Å². The third-order valence-corrected chi connectivity index (χ3v) is 3.67. The Balaban J connectivity index is 1.63. The summed E-state index contributed by atoms with van der Waals surface area (Å²) in [5, 5.41) is 10.3. The maximum absolute atomic E-state index is 10.3. The highest BCUT2D eigenvalue weighted by Gasteiger charge is 2.44. The van der Waals surface area contributed by atoms with Crippen molar-refractivity contribution >= 4 is 0 Å². The fourth-order valence-electron chi connectivity index (χ4n) is 2.65. The van der Waals surface area contributed by atoms with Crippen LogP contribution < -0.4 is 0 Å². The van der Waals surface area contributed by atoms with Gasteiger partial charge in [-0.25, -0.2) is 0 Å². The molecule has 2 aliphatic rings. The molecule has 0 bridgehead atoms. The highest BCUT2D eigenvalue weighted by atomic mass is 16.7. The number of aliphatic hydroxyl groups excluding tert-OH is 1. The standard InChI is InChI=1S/C16H20O5/c1-2-8-18-14-9-12(17)15-13(20-14)10-19-16(21-15)11-6-4-3-5-7-11/h2-7,12-17H,1,8-10H2/t12-,13+,14-,15-,16?/m0/s1. The quantitative estimate of drug-likeness (QED) is 0.857. The average molecular weight is 292 g/mol. The van der Waals surface area contributed by atoms with E-state index in [2.05, 4.69) is 6.58 Å². The lowest BCUT2D eigenvalue weighted by Crippen LogP contribution is -2.55. The third kappa shape index (κ3) is 3.33. The zero-order chi connectivity index (χ0) is 14.7. The van der Waals surface area contributed by atoms with Crippen molar-refractivity contribution in [1.82, 2.24) is 0 Å². The number of aliphatic hydroxyl groups is 1. The molecule has 3 rings (SSSR count). The molecule has 0 aromatic heterocycles. The van der Waals surface area contributed by atoms with Gasteiger partial charge >= 0.3 is 0 Å². The first kappa shape index (κ1) is 14.7. The van der Waals surface area contributed by atoms with E-state index in [1.165, 1.54) is 0 Å².